The minimum Gasteiger partial charge on any atom is -0.504 e. The van der Waals surface area contributed by atoms with E-state index in [9.17, 15) is 4.79 Å². The fourth-order valence-electron chi connectivity index (χ4n) is 0.768. The SMILES string of the molecule is COc1cc(C=O)ccc1O.[Cr+2]. The van der Waals surface area contributed by atoms with E-state index in [1.165, 1.54) is 25.3 Å². The molecule has 1 N–H and O–H groups in total. The van der Waals surface area contributed by atoms with Crippen molar-refractivity contribution in [3.8, 4) is 11.5 Å². The van der Waals surface area contributed by atoms with Crippen LogP contribution in [0.15, 0.2) is 18.2 Å². The minimum absolute atomic E-state index is 0. The molecule has 12 heavy (non-hydrogen) atoms. The van der Waals surface area contributed by atoms with Crippen LogP contribution in [-0.2, 0) is 17.4 Å². The molecule has 1 rings (SSSR count). The van der Waals surface area contributed by atoms with E-state index in [2.05, 4.69) is 0 Å². The third kappa shape index (κ3) is 2.26. The average Bonchev–Trinajstić information content (AvgIpc) is 2.05. The predicted octanol–water partition coefficient (Wildman–Crippen LogP) is 1.21. The number of rotatable bonds is 2. The molecule has 0 aliphatic rings. The summed E-state index contributed by atoms with van der Waals surface area (Å²) in [6.45, 7) is 0. The van der Waals surface area contributed by atoms with Gasteiger partial charge >= 0.3 is 17.4 Å². The Morgan fingerprint density at radius 1 is 1.50 bits per heavy atom. The molecule has 1 aromatic carbocycles. The van der Waals surface area contributed by atoms with Gasteiger partial charge in [-0.1, -0.05) is 0 Å². The smallest absolute Gasteiger partial charge is 0.504 e. The average molecular weight is 204 g/mol. The van der Waals surface area contributed by atoms with Crippen LogP contribution < -0.4 is 4.74 Å². The Kier molecular flexibility index (Phi) is 4.42. The van der Waals surface area contributed by atoms with Crippen LogP contribution >= 0.6 is 0 Å². The van der Waals surface area contributed by atoms with Crippen LogP contribution in [0.3, 0.4) is 0 Å². The third-order valence-electron chi connectivity index (χ3n) is 1.34. The molecule has 0 bridgehead atoms. The maximum Gasteiger partial charge on any atom is 2.00 e. The number of hydrogen-bond donors (Lipinski definition) is 1. The Morgan fingerprint density at radius 3 is 2.67 bits per heavy atom. The summed E-state index contributed by atoms with van der Waals surface area (Å²) in [6.07, 6.45) is 0.696. The number of phenolic OH excluding ortho intramolecular Hbond substituents is 1. The summed E-state index contributed by atoms with van der Waals surface area (Å²) in [7, 11) is 1.43. The molecule has 0 spiro atoms. The van der Waals surface area contributed by atoms with Crippen molar-refractivity contribution >= 4 is 6.29 Å². The second-order valence-electron chi connectivity index (χ2n) is 2.05. The topological polar surface area (TPSA) is 46.5 Å². The molecular formula is C8H8CrO3+2. The van der Waals surface area contributed by atoms with E-state index in [4.69, 9.17) is 9.84 Å². The maximum atomic E-state index is 10.2. The Hall–Kier alpha value is -0.978. The summed E-state index contributed by atoms with van der Waals surface area (Å²) < 4.78 is 4.78. The first-order valence-electron chi connectivity index (χ1n) is 3.10. The molecule has 0 amide bonds. The molecule has 0 atom stereocenters. The van der Waals surface area contributed by atoms with Crippen LogP contribution in [0.25, 0.3) is 0 Å². The zero-order valence-corrected chi connectivity index (χ0v) is 7.76. The van der Waals surface area contributed by atoms with Gasteiger partial charge in [0.2, 0.25) is 0 Å². The number of hydrogen-bond acceptors (Lipinski definition) is 3. The summed E-state index contributed by atoms with van der Waals surface area (Å²) in [5.41, 5.74) is 0.486. The van der Waals surface area contributed by atoms with Crippen molar-refractivity contribution in [2.24, 2.45) is 0 Å². The van der Waals surface area contributed by atoms with Gasteiger partial charge in [-0.05, 0) is 18.2 Å². The quantitative estimate of drug-likeness (QED) is 0.736. The van der Waals surface area contributed by atoms with Gasteiger partial charge in [-0.2, -0.15) is 0 Å². The Bertz CT molecular complexity index is 273. The molecule has 0 saturated heterocycles. The number of aldehydes is 1. The van der Waals surface area contributed by atoms with Gasteiger partial charge in [0.15, 0.2) is 11.5 Å². The zero-order valence-electron chi connectivity index (χ0n) is 6.48. The second-order valence-corrected chi connectivity index (χ2v) is 2.05. The van der Waals surface area contributed by atoms with Crippen molar-refractivity contribution in [3.63, 3.8) is 0 Å². The summed E-state index contributed by atoms with van der Waals surface area (Å²) >= 11 is 0. The van der Waals surface area contributed by atoms with Crippen LogP contribution in [0.2, 0.25) is 0 Å². The van der Waals surface area contributed by atoms with Crippen LogP contribution in [0, 0.1) is 0 Å². The molecule has 0 saturated carbocycles. The Morgan fingerprint density at radius 2 is 2.17 bits per heavy atom. The Balaban J connectivity index is 0.00000121. The number of aromatic hydroxyl groups is 1. The number of carbonyl (C=O) groups excluding carboxylic acids is 1. The fourth-order valence-corrected chi connectivity index (χ4v) is 0.768. The van der Waals surface area contributed by atoms with Gasteiger partial charge in [0.05, 0.1) is 7.11 Å². The van der Waals surface area contributed by atoms with Crippen molar-refractivity contribution in [1.82, 2.24) is 0 Å². The van der Waals surface area contributed by atoms with Crippen LogP contribution in [0.4, 0.5) is 0 Å². The number of benzene rings is 1. The van der Waals surface area contributed by atoms with E-state index in [1.54, 1.807) is 0 Å². The van der Waals surface area contributed by atoms with E-state index in [0.29, 0.717) is 17.6 Å². The largest absolute Gasteiger partial charge is 2.00 e. The molecule has 62 valence electrons. The van der Waals surface area contributed by atoms with Crippen LogP contribution in [0.5, 0.6) is 11.5 Å². The van der Waals surface area contributed by atoms with Gasteiger partial charge in [-0.3, -0.25) is 4.79 Å². The monoisotopic (exact) mass is 204 g/mol. The number of phenols is 1. The van der Waals surface area contributed by atoms with Crippen molar-refractivity contribution in [2.45, 2.75) is 0 Å². The molecule has 4 heteroatoms. The summed E-state index contributed by atoms with van der Waals surface area (Å²) in [5, 5.41) is 9.09. The molecule has 0 aliphatic heterocycles. The van der Waals surface area contributed by atoms with E-state index in [0.717, 1.165) is 0 Å². The normalized spacial score (nSPS) is 8.42. The van der Waals surface area contributed by atoms with Gasteiger partial charge in [0, 0.05) is 5.56 Å². The van der Waals surface area contributed by atoms with Crippen LogP contribution in [-0.4, -0.2) is 18.5 Å². The maximum absolute atomic E-state index is 10.2. The molecule has 1 aromatic rings. The number of methoxy groups -OCH3 is 1. The van der Waals surface area contributed by atoms with Crippen molar-refractivity contribution < 1.29 is 32.0 Å². The molecule has 0 radical (unpaired) electrons. The van der Waals surface area contributed by atoms with Crippen molar-refractivity contribution in [1.29, 1.82) is 0 Å². The first-order valence-corrected chi connectivity index (χ1v) is 3.10. The predicted molar refractivity (Wildman–Crippen MR) is 40.0 cm³/mol. The Labute approximate surface area is 81.1 Å². The van der Waals surface area contributed by atoms with E-state index in [1.807, 2.05) is 0 Å². The summed E-state index contributed by atoms with van der Waals surface area (Å²) in [4.78, 5) is 10.2. The second kappa shape index (κ2) is 4.81. The zero-order chi connectivity index (χ0) is 8.27. The number of carbonyl (C=O) groups is 1. The van der Waals surface area contributed by atoms with Gasteiger partial charge in [0.25, 0.3) is 0 Å². The van der Waals surface area contributed by atoms with Gasteiger partial charge < -0.3 is 9.84 Å². The fraction of sp³-hybridized carbons (Fsp3) is 0.125. The summed E-state index contributed by atoms with van der Waals surface area (Å²) in [5.74, 6) is 0.354. The first kappa shape index (κ1) is 11.0. The minimum atomic E-state index is 0. The summed E-state index contributed by atoms with van der Waals surface area (Å²) in [6, 6.07) is 4.41. The molecule has 3 nitrogen and oxygen atoms in total. The van der Waals surface area contributed by atoms with Crippen molar-refractivity contribution in [2.75, 3.05) is 7.11 Å². The molecule has 0 fully saturated rings. The van der Waals surface area contributed by atoms with Crippen LogP contribution in [0.1, 0.15) is 10.4 Å². The van der Waals surface area contributed by atoms with E-state index in [-0.39, 0.29) is 23.1 Å². The van der Waals surface area contributed by atoms with Gasteiger partial charge in [-0.15, -0.1) is 0 Å². The molecule has 0 heterocycles. The number of ether oxygens (including phenoxy) is 1. The molecule has 0 unspecified atom stereocenters. The molecule has 0 aromatic heterocycles. The van der Waals surface area contributed by atoms with E-state index >= 15 is 0 Å². The van der Waals surface area contributed by atoms with Gasteiger partial charge in [0.1, 0.15) is 6.29 Å². The van der Waals surface area contributed by atoms with Crippen molar-refractivity contribution in [3.05, 3.63) is 23.8 Å². The van der Waals surface area contributed by atoms with Gasteiger partial charge in [-0.25, -0.2) is 0 Å². The molecule has 0 aliphatic carbocycles. The first-order chi connectivity index (χ1) is 5.27. The molecular weight excluding hydrogens is 196 g/mol. The van der Waals surface area contributed by atoms with E-state index < -0.39 is 0 Å². The standard InChI is InChI=1S/C8H8O3.Cr/c1-11-8-4-6(5-9)2-3-7(8)10;/h2-5,10H,1H3;/q;+2. The third-order valence-corrected chi connectivity index (χ3v) is 1.34.